The van der Waals surface area contributed by atoms with E-state index >= 15 is 0 Å². The molecule has 2 aromatic rings. The van der Waals surface area contributed by atoms with Gasteiger partial charge in [-0.2, -0.15) is 0 Å². The van der Waals surface area contributed by atoms with Crippen molar-refractivity contribution in [2.75, 3.05) is 37.1 Å². The Morgan fingerprint density at radius 2 is 1.63 bits per heavy atom. The highest BCUT2D eigenvalue weighted by atomic mass is 32.2. The highest BCUT2D eigenvalue weighted by molar-refractivity contribution is 8.14. The summed E-state index contributed by atoms with van der Waals surface area (Å²) < 4.78 is 41.2. The number of hydrogen-bond acceptors (Lipinski definition) is 15. The summed E-state index contributed by atoms with van der Waals surface area (Å²) in [4.78, 5) is 43.0. The molecule has 17 heteroatoms. The summed E-state index contributed by atoms with van der Waals surface area (Å²) in [5.74, 6) is 0.163. The van der Waals surface area contributed by atoms with Gasteiger partial charge in [0.05, 0.1) is 26.1 Å². The molecular weight excluding hydrogens is 625 g/mol. The third-order valence-electron chi connectivity index (χ3n) is 6.30. The molecule has 4 atom stereocenters. The summed E-state index contributed by atoms with van der Waals surface area (Å²) in [6.45, 7) is 11.1. The Morgan fingerprint density at radius 3 is 2.14 bits per heavy atom. The number of phosphoric ester groups is 1. The zero-order valence-electron chi connectivity index (χ0n) is 25.2. The summed E-state index contributed by atoms with van der Waals surface area (Å²) in [5, 5.41) is 21.9. The zero-order chi connectivity index (χ0) is 32.4. The van der Waals surface area contributed by atoms with Crippen molar-refractivity contribution < 1.29 is 47.1 Å². The Balaban J connectivity index is 1.71. The van der Waals surface area contributed by atoms with Gasteiger partial charge in [-0.1, -0.05) is 65.1 Å². The average molecular weight is 666 g/mol. The van der Waals surface area contributed by atoms with Gasteiger partial charge in [0.1, 0.15) is 29.4 Å². The second-order valence-electron chi connectivity index (χ2n) is 12.2. The fourth-order valence-corrected chi connectivity index (χ4v) is 6.86. The lowest BCUT2D eigenvalue weighted by atomic mass is 9.89. The van der Waals surface area contributed by atoms with Crippen molar-refractivity contribution in [1.29, 1.82) is 0 Å². The number of fused-ring (bicyclic) bond motifs is 1. The van der Waals surface area contributed by atoms with Crippen LogP contribution in [0.15, 0.2) is 15.5 Å². The number of furan rings is 1. The molecule has 0 aromatic carbocycles. The normalized spacial score (nSPS) is 23.2. The molecule has 2 aromatic heterocycles. The molecule has 0 unspecified atom stereocenters. The van der Waals surface area contributed by atoms with Gasteiger partial charge in [-0.15, -0.1) is 0 Å². The van der Waals surface area contributed by atoms with Crippen molar-refractivity contribution in [2.24, 2.45) is 10.8 Å². The molecule has 5 N–H and O–H groups in total. The molecule has 0 aliphatic carbocycles. The predicted octanol–water partition coefficient (Wildman–Crippen LogP) is 3.42. The molecule has 0 bridgehead atoms. The molecule has 1 aliphatic rings. The number of carbonyl (C=O) groups is 2. The summed E-state index contributed by atoms with van der Waals surface area (Å²) in [6, 6.07) is 0. The topological polar surface area (TPSA) is 214 Å². The van der Waals surface area contributed by atoms with E-state index in [1.807, 2.05) is 0 Å². The van der Waals surface area contributed by atoms with Crippen LogP contribution >= 0.6 is 31.3 Å². The van der Waals surface area contributed by atoms with Crippen LogP contribution in [-0.2, 0) is 32.5 Å². The van der Waals surface area contributed by atoms with Gasteiger partial charge in [-0.3, -0.25) is 32.9 Å². The lowest BCUT2D eigenvalue weighted by molar-refractivity contribution is -0.118. The van der Waals surface area contributed by atoms with Crippen LogP contribution in [0.1, 0.15) is 60.1 Å². The van der Waals surface area contributed by atoms with Gasteiger partial charge in [-0.25, -0.2) is 9.55 Å². The monoisotopic (exact) mass is 665 g/mol. The molecule has 0 spiro atoms. The number of H-pyrrole nitrogens is 1. The van der Waals surface area contributed by atoms with Crippen molar-refractivity contribution >= 4 is 58.6 Å². The van der Waals surface area contributed by atoms with Crippen molar-refractivity contribution in [3.63, 3.8) is 0 Å². The molecule has 1 aliphatic heterocycles. The van der Waals surface area contributed by atoms with E-state index in [1.54, 1.807) is 41.5 Å². The lowest BCUT2D eigenvalue weighted by Gasteiger charge is -2.26. The number of nitrogens with zero attached hydrogens (tertiary/aromatic N) is 1. The van der Waals surface area contributed by atoms with Crippen LogP contribution in [0, 0.1) is 10.8 Å². The molecule has 0 amide bonds. The Labute approximate surface area is 257 Å². The Kier molecular flexibility index (Phi) is 11.4. The second-order valence-corrected chi connectivity index (χ2v) is 16.0. The summed E-state index contributed by atoms with van der Waals surface area (Å²) in [7, 11) is -4.29. The van der Waals surface area contributed by atoms with E-state index in [4.69, 9.17) is 28.5 Å². The maximum atomic E-state index is 13.5. The first-order valence-corrected chi connectivity index (χ1v) is 16.9. The summed E-state index contributed by atoms with van der Waals surface area (Å²) in [5.41, 5.74) is 2.04. The van der Waals surface area contributed by atoms with E-state index in [-0.39, 0.29) is 57.6 Å². The number of phosphoric acid groups is 1. The van der Waals surface area contributed by atoms with Gasteiger partial charge in [0, 0.05) is 27.9 Å². The van der Waals surface area contributed by atoms with E-state index in [2.05, 4.69) is 9.97 Å². The lowest BCUT2D eigenvalue weighted by Crippen LogP contribution is -2.43. The molecule has 242 valence electrons. The largest absolute Gasteiger partial charge is 0.474 e. The second kappa shape index (κ2) is 13.7. The van der Waals surface area contributed by atoms with Crippen LogP contribution in [0.3, 0.4) is 0 Å². The number of ether oxygens (including phenoxy) is 1. The first kappa shape index (κ1) is 35.7. The number of aromatic amines is 1. The highest BCUT2D eigenvalue weighted by Gasteiger charge is 2.54. The van der Waals surface area contributed by atoms with E-state index in [0.29, 0.717) is 0 Å². The highest BCUT2D eigenvalue weighted by Crippen LogP contribution is 2.51. The van der Waals surface area contributed by atoms with Gasteiger partial charge < -0.3 is 25.1 Å². The third-order valence-corrected chi connectivity index (χ3v) is 10.3. The standard InChI is InChI=1S/C26H40N3O11PS2/c1-24(2,3)21(32)42-10-8-37-41(35,38-9-11-43-22(33)25(4,5)6)39-13-15-18(30)26(7,34)19(40-15)14-12-36-17-16(14)28-23(27)29-20(17)31/h12,15,18-19,30,34H,8-11,13H2,1-7H3,(H3,27,28,29,31)/t15-,18-,19+,26-/m1/s1. The fourth-order valence-electron chi connectivity index (χ4n) is 3.86. The maximum absolute atomic E-state index is 13.5. The number of aliphatic hydroxyl groups excluding tert-OH is 1. The third kappa shape index (κ3) is 8.92. The summed E-state index contributed by atoms with van der Waals surface area (Å²) >= 11 is 2.03. The number of anilines is 1. The number of rotatable bonds is 12. The molecule has 43 heavy (non-hydrogen) atoms. The molecule has 3 rings (SSSR count). The first-order chi connectivity index (χ1) is 19.8. The molecule has 0 radical (unpaired) electrons. The fraction of sp³-hybridized carbons (Fsp3) is 0.692. The number of thioether (sulfide) groups is 2. The number of aromatic nitrogens is 2. The van der Waals surface area contributed by atoms with Crippen molar-refractivity contribution in [1.82, 2.24) is 9.97 Å². The number of carbonyl (C=O) groups excluding carboxylic acids is 2. The summed E-state index contributed by atoms with van der Waals surface area (Å²) in [6.07, 6.45) is -2.83. The van der Waals surface area contributed by atoms with E-state index in [1.165, 1.54) is 13.2 Å². The number of nitrogens with two attached hydrogens (primary N) is 1. The van der Waals surface area contributed by atoms with Crippen molar-refractivity contribution in [3.8, 4) is 0 Å². The van der Waals surface area contributed by atoms with Crippen molar-refractivity contribution in [2.45, 2.75) is 72.4 Å². The molecule has 0 saturated carbocycles. The van der Waals surface area contributed by atoms with Crippen LogP contribution < -0.4 is 11.3 Å². The smallest absolute Gasteiger partial charge is 0.456 e. The Hall–Kier alpha value is -1.75. The van der Waals surface area contributed by atoms with E-state index in [9.17, 15) is 29.2 Å². The quantitative estimate of drug-likeness (QED) is 0.189. The minimum absolute atomic E-state index is 0.0437. The van der Waals surface area contributed by atoms with Crippen LogP contribution in [-0.4, -0.2) is 79.5 Å². The van der Waals surface area contributed by atoms with E-state index < -0.39 is 54.7 Å². The number of hydrogen-bond donors (Lipinski definition) is 4. The molecule has 1 saturated heterocycles. The SMILES string of the molecule is CC(C)(C)C(=O)SCCOP(=O)(OCCSC(=O)C(C)(C)C)OC[C@H]1O[C@@H](c2coc3c(=O)[nH]c(N)nc23)[C@](C)(O)[C@@H]1O. The van der Waals surface area contributed by atoms with Crippen LogP contribution in [0.4, 0.5) is 5.95 Å². The van der Waals surface area contributed by atoms with Gasteiger partial charge in [0.25, 0.3) is 5.56 Å². The minimum atomic E-state index is -4.29. The Morgan fingerprint density at radius 1 is 1.09 bits per heavy atom. The molecule has 3 heterocycles. The van der Waals surface area contributed by atoms with Crippen LogP contribution in [0.25, 0.3) is 11.1 Å². The maximum Gasteiger partial charge on any atom is 0.474 e. The number of aliphatic hydroxyl groups is 2. The van der Waals surface area contributed by atoms with Crippen LogP contribution in [0.2, 0.25) is 0 Å². The Bertz CT molecular complexity index is 1380. The molecule has 14 nitrogen and oxygen atoms in total. The van der Waals surface area contributed by atoms with Gasteiger partial charge in [0.15, 0.2) is 10.2 Å². The first-order valence-electron chi connectivity index (χ1n) is 13.5. The van der Waals surface area contributed by atoms with Gasteiger partial charge in [0.2, 0.25) is 11.5 Å². The molecule has 1 fully saturated rings. The molecular formula is C26H40N3O11PS2. The predicted molar refractivity (Wildman–Crippen MR) is 163 cm³/mol. The van der Waals surface area contributed by atoms with Gasteiger partial charge >= 0.3 is 7.82 Å². The van der Waals surface area contributed by atoms with E-state index in [0.717, 1.165) is 23.5 Å². The van der Waals surface area contributed by atoms with Crippen LogP contribution in [0.5, 0.6) is 0 Å². The minimum Gasteiger partial charge on any atom is -0.456 e. The number of nitrogen functional groups attached to an aromatic ring is 1. The van der Waals surface area contributed by atoms with Gasteiger partial charge in [-0.05, 0) is 6.92 Å². The van der Waals surface area contributed by atoms with Crippen molar-refractivity contribution in [3.05, 3.63) is 22.2 Å². The number of nitrogens with one attached hydrogen (secondary N) is 1. The zero-order valence-corrected chi connectivity index (χ0v) is 27.7. The average Bonchev–Trinajstić information content (AvgIpc) is 3.40.